The highest BCUT2D eigenvalue weighted by Gasteiger charge is 2.46. The van der Waals surface area contributed by atoms with Gasteiger partial charge in [0.15, 0.2) is 0 Å². The summed E-state index contributed by atoms with van der Waals surface area (Å²) in [4.78, 5) is 34.9. The van der Waals surface area contributed by atoms with Crippen LogP contribution in [-0.2, 0) is 11.3 Å². The number of fused-ring (bicyclic) bond motifs is 1. The van der Waals surface area contributed by atoms with Crippen molar-refractivity contribution in [1.82, 2.24) is 9.80 Å². The number of methoxy groups -OCH3 is 2. The molecule has 0 spiro atoms. The molecule has 2 atom stereocenters. The number of hydrogen-bond donors (Lipinski definition) is 0. The largest absolute Gasteiger partial charge is 0.497 e. The standard InChI is InChI=1S/C35H35N3O4/c1-41-28-16-12-26(13-17-28)33-32(35(40)37-22-20-36(21-23-37)24-25-8-4-3-5-9-25)30-10-6-7-11-31(30)34(39)38(33)27-14-18-29(42-2)19-15-27/h3-19,32-33H,20-24H2,1-2H3/t32-,33+/m1/s1. The molecular formula is C35H35N3O4. The molecule has 0 N–H and O–H groups in total. The van der Waals surface area contributed by atoms with Crippen molar-refractivity contribution in [2.24, 2.45) is 0 Å². The van der Waals surface area contributed by atoms with Gasteiger partial charge in [-0.1, -0.05) is 60.7 Å². The zero-order valence-corrected chi connectivity index (χ0v) is 24.0. The number of carbonyl (C=O) groups excluding carboxylic acids is 2. The number of piperazine rings is 1. The molecule has 7 nitrogen and oxygen atoms in total. The number of benzene rings is 4. The van der Waals surface area contributed by atoms with Crippen LogP contribution in [0, 0.1) is 0 Å². The number of ether oxygens (including phenoxy) is 2. The molecule has 0 aromatic heterocycles. The van der Waals surface area contributed by atoms with Gasteiger partial charge in [-0.25, -0.2) is 0 Å². The molecule has 1 saturated heterocycles. The predicted molar refractivity (Wildman–Crippen MR) is 163 cm³/mol. The normalized spacial score (nSPS) is 18.9. The Morgan fingerprint density at radius 1 is 0.738 bits per heavy atom. The van der Waals surface area contributed by atoms with E-state index in [1.165, 1.54) is 5.56 Å². The van der Waals surface area contributed by atoms with Gasteiger partial charge >= 0.3 is 0 Å². The number of anilines is 1. The molecule has 4 aromatic rings. The highest BCUT2D eigenvalue weighted by Crippen LogP contribution is 2.46. The Labute approximate surface area is 246 Å². The van der Waals surface area contributed by atoms with Crippen LogP contribution in [0.3, 0.4) is 0 Å². The minimum absolute atomic E-state index is 0.0358. The lowest BCUT2D eigenvalue weighted by Crippen LogP contribution is -2.53. The molecule has 42 heavy (non-hydrogen) atoms. The van der Waals surface area contributed by atoms with Gasteiger partial charge in [0.05, 0.1) is 26.2 Å². The zero-order chi connectivity index (χ0) is 29.1. The van der Waals surface area contributed by atoms with Crippen molar-refractivity contribution in [3.05, 3.63) is 125 Å². The molecule has 6 rings (SSSR count). The maximum Gasteiger partial charge on any atom is 0.259 e. The highest BCUT2D eigenvalue weighted by molar-refractivity contribution is 6.11. The molecule has 0 saturated carbocycles. The van der Waals surface area contributed by atoms with E-state index in [1.807, 2.05) is 83.8 Å². The first-order valence-electron chi connectivity index (χ1n) is 14.3. The summed E-state index contributed by atoms with van der Waals surface area (Å²) in [5.41, 5.74) is 4.17. The number of carbonyl (C=O) groups is 2. The number of amides is 2. The van der Waals surface area contributed by atoms with E-state index in [0.717, 1.165) is 36.5 Å². The van der Waals surface area contributed by atoms with Crippen LogP contribution >= 0.6 is 0 Å². The molecule has 2 aliphatic rings. The summed E-state index contributed by atoms with van der Waals surface area (Å²) in [5.74, 6) is 0.748. The minimum Gasteiger partial charge on any atom is -0.497 e. The van der Waals surface area contributed by atoms with Crippen molar-refractivity contribution < 1.29 is 19.1 Å². The van der Waals surface area contributed by atoms with Crippen LogP contribution in [0.5, 0.6) is 11.5 Å². The third-order valence-corrected chi connectivity index (χ3v) is 8.35. The molecule has 1 fully saturated rings. The number of rotatable bonds is 7. The van der Waals surface area contributed by atoms with E-state index in [9.17, 15) is 9.59 Å². The molecule has 0 bridgehead atoms. The average Bonchev–Trinajstić information content (AvgIpc) is 3.05. The van der Waals surface area contributed by atoms with Gasteiger partial charge in [0, 0.05) is 44.0 Å². The molecule has 7 heteroatoms. The smallest absolute Gasteiger partial charge is 0.259 e. The monoisotopic (exact) mass is 561 g/mol. The first-order valence-corrected chi connectivity index (χ1v) is 14.3. The maximum atomic E-state index is 14.6. The molecule has 0 aliphatic carbocycles. The van der Waals surface area contributed by atoms with Gasteiger partial charge in [-0.05, 0) is 59.2 Å². The van der Waals surface area contributed by atoms with Crippen LogP contribution in [0.1, 0.15) is 39.0 Å². The average molecular weight is 562 g/mol. The van der Waals surface area contributed by atoms with Crippen molar-refractivity contribution in [3.63, 3.8) is 0 Å². The predicted octanol–water partition coefficient (Wildman–Crippen LogP) is 5.53. The first-order chi connectivity index (χ1) is 20.6. The lowest BCUT2D eigenvalue weighted by molar-refractivity contribution is -0.135. The lowest BCUT2D eigenvalue weighted by Gasteiger charge is -2.44. The van der Waals surface area contributed by atoms with Gasteiger partial charge in [0.1, 0.15) is 11.5 Å². The van der Waals surface area contributed by atoms with Crippen molar-refractivity contribution in [2.45, 2.75) is 18.5 Å². The second-order valence-electron chi connectivity index (χ2n) is 10.7. The van der Waals surface area contributed by atoms with Crippen molar-refractivity contribution in [3.8, 4) is 11.5 Å². The van der Waals surface area contributed by atoms with Crippen LogP contribution < -0.4 is 14.4 Å². The Kier molecular flexibility index (Phi) is 7.93. The molecule has 2 heterocycles. The minimum atomic E-state index is -0.574. The van der Waals surface area contributed by atoms with Crippen LogP contribution in [0.25, 0.3) is 0 Å². The Morgan fingerprint density at radius 3 is 1.98 bits per heavy atom. The second-order valence-corrected chi connectivity index (χ2v) is 10.7. The summed E-state index contributed by atoms with van der Waals surface area (Å²) in [7, 11) is 3.24. The van der Waals surface area contributed by atoms with E-state index >= 15 is 0 Å². The highest BCUT2D eigenvalue weighted by atomic mass is 16.5. The third-order valence-electron chi connectivity index (χ3n) is 8.35. The molecule has 0 radical (unpaired) electrons. The summed E-state index contributed by atoms with van der Waals surface area (Å²) in [6.45, 7) is 3.72. The molecule has 214 valence electrons. The van der Waals surface area contributed by atoms with E-state index in [2.05, 4.69) is 29.2 Å². The molecule has 2 aliphatic heterocycles. The molecular weight excluding hydrogens is 526 g/mol. The molecule has 0 unspecified atom stereocenters. The third kappa shape index (κ3) is 5.35. The zero-order valence-electron chi connectivity index (χ0n) is 24.0. The van der Waals surface area contributed by atoms with Crippen LogP contribution in [0.4, 0.5) is 5.69 Å². The van der Waals surface area contributed by atoms with E-state index in [4.69, 9.17) is 9.47 Å². The topological polar surface area (TPSA) is 62.3 Å². The lowest BCUT2D eigenvalue weighted by atomic mass is 9.78. The van der Waals surface area contributed by atoms with E-state index in [-0.39, 0.29) is 11.8 Å². The van der Waals surface area contributed by atoms with Crippen LogP contribution in [0.15, 0.2) is 103 Å². The Morgan fingerprint density at radius 2 is 1.33 bits per heavy atom. The summed E-state index contributed by atoms with van der Waals surface area (Å²) >= 11 is 0. The Bertz CT molecular complexity index is 1530. The summed E-state index contributed by atoms with van der Waals surface area (Å²) in [6.07, 6.45) is 0. The fraction of sp³-hybridized carbons (Fsp3) is 0.257. The quantitative estimate of drug-likeness (QED) is 0.297. The fourth-order valence-electron chi connectivity index (χ4n) is 6.13. The van der Waals surface area contributed by atoms with Crippen molar-refractivity contribution in [2.75, 3.05) is 45.3 Å². The van der Waals surface area contributed by atoms with Gasteiger partial charge in [-0.2, -0.15) is 0 Å². The maximum absolute atomic E-state index is 14.6. The van der Waals surface area contributed by atoms with Gasteiger partial charge in [-0.15, -0.1) is 0 Å². The van der Waals surface area contributed by atoms with E-state index < -0.39 is 12.0 Å². The van der Waals surface area contributed by atoms with Gasteiger partial charge < -0.3 is 14.4 Å². The molecule has 4 aromatic carbocycles. The Hall–Kier alpha value is -4.62. The Balaban J connectivity index is 1.37. The fourth-order valence-corrected chi connectivity index (χ4v) is 6.13. The summed E-state index contributed by atoms with van der Waals surface area (Å²) < 4.78 is 10.8. The summed E-state index contributed by atoms with van der Waals surface area (Å²) in [5, 5.41) is 0. The van der Waals surface area contributed by atoms with E-state index in [1.54, 1.807) is 19.1 Å². The van der Waals surface area contributed by atoms with Crippen LogP contribution in [0.2, 0.25) is 0 Å². The van der Waals surface area contributed by atoms with E-state index in [0.29, 0.717) is 30.1 Å². The van der Waals surface area contributed by atoms with Crippen molar-refractivity contribution in [1.29, 1.82) is 0 Å². The van der Waals surface area contributed by atoms with Gasteiger partial charge in [0.25, 0.3) is 5.91 Å². The summed E-state index contributed by atoms with van der Waals surface area (Å²) in [6, 6.07) is 32.6. The second kappa shape index (κ2) is 12.1. The number of hydrogen-bond acceptors (Lipinski definition) is 5. The van der Waals surface area contributed by atoms with Crippen LogP contribution in [-0.4, -0.2) is 62.0 Å². The SMILES string of the molecule is COc1ccc([C@H]2[C@H](C(=O)N3CCN(Cc4ccccc4)CC3)c3ccccc3C(=O)N2c2ccc(OC)cc2)cc1. The number of nitrogens with zero attached hydrogens (tertiary/aromatic N) is 3. The van der Waals surface area contributed by atoms with Gasteiger partial charge in [-0.3, -0.25) is 19.4 Å². The molecule has 2 amide bonds. The first kappa shape index (κ1) is 27.5. The van der Waals surface area contributed by atoms with Gasteiger partial charge in [0.2, 0.25) is 5.91 Å². The van der Waals surface area contributed by atoms with Crippen molar-refractivity contribution >= 4 is 17.5 Å².